The summed E-state index contributed by atoms with van der Waals surface area (Å²) in [4.78, 5) is 6.68. The summed E-state index contributed by atoms with van der Waals surface area (Å²) in [6.45, 7) is 9.25. The van der Waals surface area contributed by atoms with Gasteiger partial charge in [-0.2, -0.15) is 5.10 Å². The molecule has 0 aromatic carbocycles. The highest BCUT2D eigenvalue weighted by molar-refractivity contribution is 7.12. The van der Waals surface area contributed by atoms with Crippen LogP contribution in [0.25, 0.3) is 0 Å². The Morgan fingerprint density at radius 1 is 1.37 bits per heavy atom. The predicted octanol–water partition coefficient (Wildman–Crippen LogP) is 2.89. The molecular formula is C14H21N3OS. The first-order chi connectivity index (χ1) is 8.97. The van der Waals surface area contributed by atoms with Crippen molar-refractivity contribution < 1.29 is 5.11 Å². The van der Waals surface area contributed by atoms with Crippen LogP contribution in [0.3, 0.4) is 0 Å². The predicted molar refractivity (Wildman–Crippen MR) is 77.3 cm³/mol. The molecular weight excluding hydrogens is 258 g/mol. The van der Waals surface area contributed by atoms with Crippen LogP contribution in [0.1, 0.15) is 41.1 Å². The van der Waals surface area contributed by atoms with Gasteiger partial charge >= 0.3 is 0 Å². The summed E-state index contributed by atoms with van der Waals surface area (Å²) in [6.07, 6.45) is 1.58. The van der Waals surface area contributed by atoms with Gasteiger partial charge in [-0.25, -0.2) is 9.67 Å². The molecule has 4 nitrogen and oxygen atoms in total. The molecule has 5 heteroatoms. The van der Waals surface area contributed by atoms with Crippen LogP contribution in [-0.4, -0.2) is 19.9 Å². The maximum atomic E-state index is 10.4. The lowest BCUT2D eigenvalue weighted by Gasteiger charge is -2.12. The number of aryl methyl sites for hydroxylation is 2. The van der Waals surface area contributed by atoms with E-state index < -0.39 is 6.10 Å². The quantitative estimate of drug-likeness (QED) is 0.915. The normalized spacial score (nSPS) is 13.2. The first kappa shape index (κ1) is 14.2. The minimum absolute atomic E-state index is 0.500. The molecule has 0 bridgehead atoms. The summed E-state index contributed by atoms with van der Waals surface area (Å²) >= 11 is 1.72. The van der Waals surface area contributed by atoms with E-state index in [2.05, 4.69) is 43.8 Å². The van der Waals surface area contributed by atoms with E-state index in [-0.39, 0.29) is 0 Å². The third-order valence-electron chi connectivity index (χ3n) is 3.05. The fraction of sp³-hybridized carbons (Fsp3) is 0.571. The van der Waals surface area contributed by atoms with Crippen molar-refractivity contribution in [3.8, 4) is 0 Å². The maximum absolute atomic E-state index is 10.4. The van der Waals surface area contributed by atoms with E-state index in [1.54, 1.807) is 17.7 Å². The van der Waals surface area contributed by atoms with Gasteiger partial charge in [0.25, 0.3) is 0 Å². The average molecular weight is 279 g/mol. The van der Waals surface area contributed by atoms with Gasteiger partial charge in [0.2, 0.25) is 0 Å². The molecule has 1 N–H and O–H groups in total. The number of thiophene rings is 1. The Bertz CT molecular complexity index is 545. The van der Waals surface area contributed by atoms with Gasteiger partial charge in [0.1, 0.15) is 12.2 Å². The number of hydrogen-bond acceptors (Lipinski definition) is 4. The Labute approximate surface area is 118 Å². The molecule has 0 aliphatic heterocycles. The molecule has 0 saturated heterocycles. The van der Waals surface area contributed by atoms with Crippen molar-refractivity contribution in [1.82, 2.24) is 14.8 Å². The lowest BCUT2D eigenvalue weighted by atomic mass is 10.1. The second-order valence-electron chi connectivity index (χ2n) is 5.34. The summed E-state index contributed by atoms with van der Waals surface area (Å²) in [5.74, 6) is 1.37. The van der Waals surface area contributed by atoms with E-state index in [1.165, 1.54) is 9.75 Å². The molecule has 1 atom stereocenters. The van der Waals surface area contributed by atoms with E-state index in [4.69, 9.17) is 0 Å². The molecule has 2 heterocycles. The minimum atomic E-state index is -0.500. The molecule has 19 heavy (non-hydrogen) atoms. The number of nitrogens with zero attached hydrogens (tertiary/aromatic N) is 3. The van der Waals surface area contributed by atoms with Gasteiger partial charge in [0.05, 0.1) is 6.10 Å². The highest BCUT2D eigenvalue weighted by Gasteiger charge is 2.17. The van der Waals surface area contributed by atoms with E-state index in [1.807, 2.05) is 4.68 Å². The number of hydrogen-bond donors (Lipinski definition) is 1. The fourth-order valence-electron chi connectivity index (χ4n) is 2.21. The molecule has 0 saturated carbocycles. The van der Waals surface area contributed by atoms with Gasteiger partial charge in [-0.05, 0) is 31.4 Å². The molecule has 0 aliphatic rings. The first-order valence-corrected chi connectivity index (χ1v) is 7.40. The second kappa shape index (κ2) is 5.84. The molecule has 2 rings (SSSR count). The average Bonchev–Trinajstić information content (AvgIpc) is 2.85. The highest BCUT2D eigenvalue weighted by atomic mass is 32.1. The molecule has 0 radical (unpaired) electrons. The number of aromatic nitrogens is 3. The van der Waals surface area contributed by atoms with Crippen LogP contribution in [0.15, 0.2) is 12.4 Å². The number of aliphatic hydroxyl groups is 1. The number of rotatable bonds is 5. The molecule has 2 aromatic rings. The van der Waals surface area contributed by atoms with Crippen molar-refractivity contribution >= 4 is 11.3 Å². The summed E-state index contributed by atoms with van der Waals surface area (Å²) < 4.78 is 1.89. The van der Waals surface area contributed by atoms with Crippen LogP contribution in [0.4, 0.5) is 0 Å². The molecule has 2 aromatic heterocycles. The van der Waals surface area contributed by atoms with Crippen molar-refractivity contribution in [3.05, 3.63) is 33.5 Å². The van der Waals surface area contributed by atoms with E-state index in [9.17, 15) is 5.11 Å². The SMILES string of the molecule is Cc1cc(C(O)Cc2ncnn2CC(C)C)c(C)s1. The van der Waals surface area contributed by atoms with Crippen molar-refractivity contribution in [1.29, 1.82) is 0 Å². The molecule has 0 amide bonds. The summed E-state index contributed by atoms with van der Waals surface area (Å²) in [5.41, 5.74) is 1.02. The van der Waals surface area contributed by atoms with Crippen LogP contribution >= 0.6 is 11.3 Å². The van der Waals surface area contributed by atoms with Crippen LogP contribution < -0.4 is 0 Å². The van der Waals surface area contributed by atoms with Crippen molar-refractivity contribution in [2.75, 3.05) is 0 Å². The van der Waals surface area contributed by atoms with Gasteiger partial charge in [-0.15, -0.1) is 11.3 Å². The minimum Gasteiger partial charge on any atom is -0.388 e. The summed E-state index contributed by atoms with van der Waals surface area (Å²) in [5, 5.41) is 14.6. The molecule has 104 valence electrons. The lowest BCUT2D eigenvalue weighted by Crippen LogP contribution is -2.13. The van der Waals surface area contributed by atoms with E-state index in [0.717, 1.165) is 17.9 Å². The van der Waals surface area contributed by atoms with Crippen molar-refractivity contribution in [2.24, 2.45) is 5.92 Å². The Morgan fingerprint density at radius 3 is 2.68 bits per heavy atom. The van der Waals surface area contributed by atoms with Gasteiger partial charge < -0.3 is 5.11 Å². The van der Waals surface area contributed by atoms with E-state index >= 15 is 0 Å². The third-order valence-corrected chi connectivity index (χ3v) is 4.03. The van der Waals surface area contributed by atoms with Gasteiger partial charge in [-0.3, -0.25) is 0 Å². The Morgan fingerprint density at radius 2 is 2.11 bits per heavy atom. The summed E-state index contributed by atoms with van der Waals surface area (Å²) in [7, 11) is 0. The zero-order valence-corrected chi connectivity index (χ0v) is 12.7. The third kappa shape index (κ3) is 3.42. The van der Waals surface area contributed by atoms with Crippen LogP contribution in [0, 0.1) is 19.8 Å². The largest absolute Gasteiger partial charge is 0.388 e. The topological polar surface area (TPSA) is 50.9 Å². The smallest absolute Gasteiger partial charge is 0.138 e. The van der Waals surface area contributed by atoms with Crippen LogP contribution in [0.2, 0.25) is 0 Å². The maximum Gasteiger partial charge on any atom is 0.138 e. The molecule has 0 aliphatic carbocycles. The van der Waals surface area contributed by atoms with Gasteiger partial charge in [-0.1, -0.05) is 13.8 Å². The van der Waals surface area contributed by atoms with Crippen molar-refractivity contribution in [2.45, 2.75) is 46.8 Å². The fourth-order valence-corrected chi connectivity index (χ4v) is 3.19. The highest BCUT2D eigenvalue weighted by Crippen LogP contribution is 2.28. The second-order valence-corrected chi connectivity index (χ2v) is 6.80. The van der Waals surface area contributed by atoms with Crippen LogP contribution in [-0.2, 0) is 13.0 Å². The Kier molecular flexibility index (Phi) is 4.37. The Balaban J connectivity index is 2.13. The lowest BCUT2D eigenvalue weighted by molar-refractivity contribution is 0.173. The van der Waals surface area contributed by atoms with E-state index in [0.29, 0.717) is 12.3 Å². The van der Waals surface area contributed by atoms with Crippen LogP contribution in [0.5, 0.6) is 0 Å². The molecule has 1 unspecified atom stereocenters. The monoisotopic (exact) mass is 279 g/mol. The van der Waals surface area contributed by atoms with Gasteiger partial charge in [0.15, 0.2) is 0 Å². The zero-order chi connectivity index (χ0) is 14.0. The van der Waals surface area contributed by atoms with Crippen molar-refractivity contribution in [3.63, 3.8) is 0 Å². The first-order valence-electron chi connectivity index (χ1n) is 6.59. The molecule has 0 fully saturated rings. The Hall–Kier alpha value is -1.20. The zero-order valence-electron chi connectivity index (χ0n) is 11.9. The molecule has 0 spiro atoms. The van der Waals surface area contributed by atoms with Gasteiger partial charge in [0, 0.05) is 22.7 Å². The standard InChI is InChI=1S/C14H21N3OS/c1-9(2)7-17-14(15-8-16-17)6-13(18)12-5-10(3)19-11(12)4/h5,8-9,13,18H,6-7H2,1-4H3. The summed E-state index contributed by atoms with van der Waals surface area (Å²) in [6, 6.07) is 2.06. The number of aliphatic hydroxyl groups excluding tert-OH is 1.